The average molecular weight is 369 g/mol. The van der Waals surface area contributed by atoms with Gasteiger partial charge in [0.25, 0.3) is 0 Å². The molecule has 1 aliphatic rings. The maximum atomic E-state index is 11.1. The fourth-order valence-corrected chi connectivity index (χ4v) is 5.55. The van der Waals surface area contributed by atoms with Crippen LogP contribution in [0.4, 0.5) is 0 Å². The van der Waals surface area contributed by atoms with E-state index in [0.29, 0.717) is 0 Å². The molecule has 3 aromatic carbocycles. The second kappa shape index (κ2) is 6.80. The lowest BCUT2D eigenvalue weighted by Crippen LogP contribution is -2.05. The van der Waals surface area contributed by atoms with Crippen molar-refractivity contribution in [2.45, 2.75) is 18.4 Å². The molecule has 1 aliphatic carbocycles. The molecule has 27 heavy (non-hydrogen) atoms. The van der Waals surface area contributed by atoms with Crippen LogP contribution in [-0.4, -0.2) is 5.11 Å². The number of hydrogen-bond donors (Lipinski definition) is 1. The number of fused-ring (bicyclic) bond motifs is 1. The highest BCUT2D eigenvalue weighted by Gasteiger charge is 2.37. The summed E-state index contributed by atoms with van der Waals surface area (Å²) in [6.45, 7) is 0. The minimum Gasteiger partial charge on any atom is -0.387 e. The quantitative estimate of drug-likeness (QED) is 0.440. The van der Waals surface area contributed by atoms with Gasteiger partial charge in [-0.25, -0.2) is 0 Å². The first-order chi connectivity index (χ1) is 13.3. The van der Waals surface area contributed by atoms with Crippen molar-refractivity contribution in [3.05, 3.63) is 107 Å². The molecule has 0 fully saturated rings. The molecule has 132 valence electrons. The van der Waals surface area contributed by atoms with Crippen molar-refractivity contribution in [1.29, 1.82) is 0 Å². The zero-order valence-electron chi connectivity index (χ0n) is 14.9. The molecule has 0 spiro atoms. The molecule has 2 heteroatoms. The number of benzene rings is 3. The van der Waals surface area contributed by atoms with Gasteiger partial charge in [-0.15, -0.1) is 11.3 Å². The smallest absolute Gasteiger partial charge is 0.0956 e. The summed E-state index contributed by atoms with van der Waals surface area (Å²) in [5, 5.41) is 11.1. The van der Waals surface area contributed by atoms with Crippen LogP contribution in [0, 0.1) is 0 Å². The Labute approximate surface area is 163 Å². The van der Waals surface area contributed by atoms with Crippen molar-refractivity contribution < 1.29 is 5.11 Å². The zero-order valence-corrected chi connectivity index (χ0v) is 15.7. The molecule has 1 aromatic heterocycles. The molecular formula is C25H20OS. The third-order valence-electron chi connectivity index (χ3n) is 5.44. The lowest BCUT2D eigenvalue weighted by Gasteiger charge is -2.16. The number of rotatable bonds is 3. The van der Waals surface area contributed by atoms with Gasteiger partial charge >= 0.3 is 0 Å². The van der Waals surface area contributed by atoms with E-state index in [-0.39, 0.29) is 5.92 Å². The normalized spacial score (nSPS) is 18.4. The van der Waals surface area contributed by atoms with Gasteiger partial charge in [-0.3, -0.25) is 0 Å². The first-order valence-electron chi connectivity index (χ1n) is 9.32. The maximum Gasteiger partial charge on any atom is 0.0956 e. The summed E-state index contributed by atoms with van der Waals surface area (Å²) < 4.78 is 0. The first kappa shape index (κ1) is 16.5. The van der Waals surface area contributed by atoms with Gasteiger partial charge in [-0.05, 0) is 28.7 Å². The Morgan fingerprint density at radius 2 is 1.26 bits per heavy atom. The van der Waals surface area contributed by atoms with E-state index < -0.39 is 6.10 Å². The van der Waals surface area contributed by atoms with Crippen LogP contribution < -0.4 is 0 Å². The monoisotopic (exact) mass is 368 g/mol. The molecule has 0 bridgehead atoms. The van der Waals surface area contributed by atoms with Crippen LogP contribution in [0.1, 0.15) is 28.0 Å². The van der Waals surface area contributed by atoms with Gasteiger partial charge in [0.2, 0.25) is 0 Å². The van der Waals surface area contributed by atoms with Gasteiger partial charge < -0.3 is 5.11 Å². The number of hydrogen-bond acceptors (Lipinski definition) is 2. The summed E-state index contributed by atoms with van der Waals surface area (Å²) in [6.07, 6.45) is 0.445. The van der Waals surface area contributed by atoms with Crippen LogP contribution in [-0.2, 0) is 6.42 Å². The third-order valence-corrected chi connectivity index (χ3v) is 6.79. The lowest BCUT2D eigenvalue weighted by molar-refractivity contribution is 0.161. The Kier molecular flexibility index (Phi) is 4.16. The fraction of sp³-hybridized carbons (Fsp3) is 0.120. The van der Waals surface area contributed by atoms with Crippen LogP contribution in [0.3, 0.4) is 0 Å². The van der Waals surface area contributed by atoms with Crippen molar-refractivity contribution in [1.82, 2.24) is 0 Å². The highest BCUT2D eigenvalue weighted by molar-refractivity contribution is 7.16. The molecule has 0 amide bonds. The van der Waals surface area contributed by atoms with Crippen molar-refractivity contribution in [2.75, 3.05) is 0 Å². The van der Waals surface area contributed by atoms with Crippen LogP contribution >= 0.6 is 11.3 Å². The highest BCUT2D eigenvalue weighted by Crippen LogP contribution is 2.53. The summed E-state index contributed by atoms with van der Waals surface area (Å²) in [5.74, 6) is 0.139. The summed E-state index contributed by atoms with van der Waals surface area (Å²) in [5.41, 5.74) is 6.27. The molecule has 2 atom stereocenters. The van der Waals surface area contributed by atoms with Crippen molar-refractivity contribution >= 4 is 11.3 Å². The van der Waals surface area contributed by atoms with Crippen LogP contribution in [0.25, 0.3) is 21.6 Å². The minimum atomic E-state index is -0.438. The Hall–Kier alpha value is -2.68. The molecule has 4 aromatic rings. The first-order valence-corrected chi connectivity index (χ1v) is 10.1. The molecule has 0 saturated carbocycles. The van der Waals surface area contributed by atoms with E-state index in [9.17, 15) is 5.11 Å². The predicted octanol–water partition coefficient (Wildman–Crippen LogP) is 6.46. The highest BCUT2D eigenvalue weighted by atomic mass is 32.1. The largest absolute Gasteiger partial charge is 0.387 e. The van der Waals surface area contributed by atoms with Crippen LogP contribution in [0.2, 0.25) is 0 Å². The van der Waals surface area contributed by atoms with Crippen LogP contribution in [0.15, 0.2) is 91.0 Å². The number of thiophene rings is 1. The van der Waals surface area contributed by atoms with Gasteiger partial charge in [0.1, 0.15) is 0 Å². The van der Waals surface area contributed by atoms with E-state index in [2.05, 4.69) is 78.9 Å². The van der Waals surface area contributed by atoms with E-state index in [1.54, 1.807) is 11.3 Å². The van der Waals surface area contributed by atoms with Crippen molar-refractivity contribution in [3.8, 4) is 21.6 Å². The molecule has 2 unspecified atom stereocenters. The third kappa shape index (κ3) is 2.82. The van der Waals surface area contributed by atoms with E-state index in [0.717, 1.165) is 11.3 Å². The second-order valence-corrected chi connectivity index (χ2v) is 8.10. The van der Waals surface area contributed by atoms with E-state index in [1.165, 1.54) is 32.7 Å². The van der Waals surface area contributed by atoms with Gasteiger partial charge in [0.05, 0.1) is 6.10 Å². The molecule has 1 nitrogen and oxygen atoms in total. The zero-order chi connectivity index (χ0) is 18.2. The topological polar surface area (TPSA) is 20.2 Å². The van der Waals surface area contributed by atoms with E-state index >= 15 is 0 Å². The number of aliphatic hydroxyl groups is 1. The molecule has 1 heterocycles. The molecule has 1 N–H and O–H groups in total. The maximum absolute atomic E-state index is 11.1. The predicted molar refractivity (Wildman–Crippen MR) is 113 cm³/mol. The molecule has 5 rings (SSSR count). The van der Waals surface area contributed by atoms with E-state index in [4.69, 9.17) is 0 Å². The van der Waals surface area contributed by atoms with Crippen molar-refractivity contribution in [3.63, 3.8) is 0 Å². The van der Waals surface area contributed by atoms with Gasteiger partial charge in [-0.2, -0.15) is 0 Å². The van der Waals surface area contributed by atoms with Crippen LogP contribution in [0.5, 0.6) is 0 Å². The Bertz CT molecular complexity index is 1050. The van der Waals surface area contributed by atoms with E-state index in [1.807, 2.05) is 12.1 Å². The fourth-order valence-electron chi connectivity index (χ4n) is 4.14. The average Bonchev–Trinajstić information content (AvgIpc) is 3.27. The standard InChI is InChI=1S/C25H20OS/c26-23-20(17-10-4-1-5-11-17)16-21-22(18-12-6-2-7-13-18)24(27-25(21)23)19-14-8-3-9-15-19/h1-15,20,23,26H,16H2. The lowest BCUT2D eigenvalue weighted by atomic mass is 9.92. The summed E-state index contributed by atoms with van der Waals surface area (Å²) in [4.78, 5) is 2.39. The number of aliphatic hydroxyl groups excluding tert-OH is 1. The van der Waals surface area contributed by atoms with Gasteiger partial charge in [0, 0.05) is 21.2 Å². The Balaban J connectivity index is 1.67. The summed E-state index contributed by atoms with van der Waals surface area (Å²) >= 11 is 1.75. The molecular weight excluding hydrogens is 348 g/mol. The molecule has 0 aliphatic heterocycles. The Morgan fingerprint density at radius 1 is 0.704 bits per heavy atom. The summed E-state index contributed by atoms with van der Waals surface area (Å²) in [7, 11) is 0. The van der Waals surface area contributed by atoms with Gasteiger partial charge in [0.15, 0.2) is 0 Å². The molecule has 0 radical (unpaired) electrons. The van der Waals surface area contributed by atoms with Gasteiger partial charge in [-0.1, -0.05) is 91.0 Å². The Morgan fingerprint density at radius 3 is 1.89 bits per heavy atom. The second-order valence-electron chi connectivity index (χ2n) is 7.05. The summed E-state index contributed by atoms with van der Waals surface area (Å²) in [6, 6.07) is 31.5. The minimum absolute atomic E-state index is 0.139. The molecule has 0 saturated heterocycles. The SMILES string of the molecule is OC1c2sc(-c3ccccc3)c(-c3ccccc3)c2CC1c1ccccc1. The van der Waals surface area contributed by atoms with Crippen molar-refractivity contribution in [2.24, 2.45) is 0 Å².